The van der Waals surface area contributed by atoms with Gasteiger partial charge in [-0.1, -0.05) is 37.3 Å². The average Bonchev–Trinajstić information content (AvgIpc) is 2.96. The fourth-order valence-corrected chi connectivity index (χ4v) is 3.52. The Balaban J connectivity index is 1.82. The number of nitrogens with one attached hydrogen (secondary N) is 1. The molecule has 0 saturated carbocycles. The number of carbonyl (C=O) groups excluding carboxylic acids is 1. The van der Waals surface area contributed by atoms with Gasteiger partial charge in [-0.25, -0.2) is 0 Å². The lowest BCUT2D eigenvalue weighted by Crippen LogP contribution is -2.55. The standard InChI is InChI=1S/C19H26N4O/c1-4-18-17(19(24)22-11-14(2)21-15(3)12-22)10-20-23(18)13-16-8-6-5-7-9-16/h5-10,14-15,21H,4,11-13H2,1-3H3. The molecule has 5 nitrogen and oxygen atoms in total. The number of benzene rings is 1. The highest BCUT2D eigenvalue weighted by molar-refractivity contribution is 5.95. The molecule has 1 aliphatic rings. The minimum Gasteiger partial charge on any atom is -0.335 e. The topological polar surface area (TPSA) is 50.2 Å². The molecule has 0 aliphatic carbocycles. The quantitative estimate of drug-likeness (QED) is 0.938. The lowest BCUT2D eigenvalue weighted by molar-refractivity contribution is 0.0672. The molecule has 128 valence electrons. The van der Waals surface area contributed by atoms with Crippen molar-refractivity contribution in [3.8, 4) is 0 Å². The first-order valence-electron chi connectivity index (χ1n) is 8.72. The van der Waals surface area contributed by atoms with Crippen LogP contribution in [-0.2, 0) is 13.0 Å². The first-order valence-corrected chi connectivity index (χ1v) is 8.72. The smallest absolute Gasteiger partial charge is 0.257 e. The Morgan fingerprint density at radius 1 is 1.21 bits per heavy atom. The minimum absolute atomic E-state index is 0.103. The van der Waals surface area contributed by atoms with Crippen molar-refractivity contribution in [1.29, 1.82) is 0 Å². The van der Waals surface area contributed by atoms with Crippen molar-refractivity contribution in [2.45, 2.75) is 45.8 Å². The van der Waals surface area contributed by atoms with Gasteiger partial charge >= 0.3 is 0 Å². The molecule has 1 fully saturated rings. The van der Waals surface area contributed by atoms with Gasteiger partial charge in [0, 0.05) is 25.2 Å². The van der Waals surface area contributed by atoms with Crippen molar-refractivity contribution in [3.05, 3.63) is 53.3 Å². The number of piperazine rings is 1. The Labute approximate surface area is 143 Å². The van der Waals surface area contributed by atoms with Crippen LogP contribution >= 0.6 is 0 Å². The van der Waals surface area contributed by atoms with Gasteiger partial charge in [0.25, 0.3) is 5.91 Å². The maximum Gasteiger partial charge on any atom is 0.257 e. The summed E-state index contributed by atoms with van der Waals surface area (Å²) in [6, 6.07) is 10.9. The number of hydrogen-bond acceptors (Lipinski definition) is 3. The van der Waals surface area contributed by atoms with Crippen molar-refractivity contribution in [2.24, 2.45) is 0 Å². The largest absolute Gasteiger partial charge is 0.335 e. The van der Waals surface area contributed by atoms with Gasteiger partial charge in [-0.15, -0.1) is 0 Å². The Morgan fingerprint density at radius 3 is 2.50 bits per heavy atom. The molecule has 3 rings (SSSR count). The molecular formula is C19H26N4O. The van der Waals surface area contributed by atoms with Crippen molar-refractivity contribution in [2.75, 3.05) is 13.1 Å². The lowest BCUT2D eigenvalue weighted by atomic mass is 10.1. The average molecular weight is 326 g/mol. The highest BCUT2D eigenvalue weighted by atomic mass is 16.2. The Morgan fingerprint density at radius 2 is 1.88 bits per heavy atom. The number of rotatable bonds is 4. The highest BCUT2D eigenvalue weighted by Crippen LogP contribution is 2.16. The second-order valence-corrected chi connectivity index (χ2v) is 6.68. The molecule has 0 bridgehead atoms. The Bertz CT molecular complexity index is 685. The van der Waals surface area contributed by atoms with Gasteiger partial charge in [0.2, 0.25) is 0 Å². The monoisotopic (exact) mass is 326 g/mol. The van der Waals surface area contributed by atoms with Crippen molar-refractivity contribution < 1.29 is 4.79 Å². The third-order valence-corrected chi connectivity index (χ3v) is 4.53. The molecule has 2 aromatic rings. The second-order valence-electron chi connectivity index (χ2n) is 6.68. The summed E-state index contributed by atoms with van der Waals surface area (Å²) in [6.45, 7) is 8.52. The van der Waals surface area contributed by atoms with Crippen LogP contribution in [0.4, 0.5) is 0 Å². The van der Waals surface area contributed by atoms with E-state index < -0.39 is 0 Å². The molecule has 24 heavy (non-hydrogen) atoms. The van der Waals surface area contributed by atoms with Crippen molar-refractivity contribution in [1.82, 2.24) is 20.0 Å². The number of amides is 1. The molecular weight excluding hydrogens is 300 g/mol. The number of carbonyl (C=O) groups is 1. The van der Waals surface area contributed by atoms with Crippen LogP contribution in [0.15, 0.2) is 36.5 Å². The normalized spacial score (nSPS) is 21.0. The summed E-state index contributed by atoms with van der Waals surface area (Å²) in [7, 11) is 0. The van der Waals surface area contributed by atoms with Crippen LogP contribution in [0.1, 0.15) is 42.4 Å². The van der Waals surface area contributed by atoms with Gasteiger partial charge in [-0.2, -0.15) is 5.10 Å². The van der Waals surface area contributed by atoms with E-state index in [1.165, 1.54) is 5.56 Å². The van der Waals surface area contributed by atoms with Gasteiger partial charge < -0.3 is 10.2 Å². The van der Waals surface area contributed by atoms with Crippen LogP contribution < -0.4 is 5.32 Å². The summed E-state index contributed by atoms with van der Waals surface area (Å²) >= 11 is 0. The predicted octanol–water partition coefficient (Wildman–Crippen LogP) is 2.32. The molecule has 1 amide bonds. The zero-order valence-corrected chi connectivity index (χ0v) is 14.7. The van der Waals surface area contributed by atoms with Crippen LogP contribution in [-0.4, -0.2) is 45.8 Å². The van der Waals surface area contributed by atoms with Gasteiger partial charge in [0.05, 0.1) is 24.0 Å². The summed E-state index contributed by atoms with van der Waals surface area (Å²) in [5.41, 5.74) is 2.95. The summed E-state index contributed by atoms with van der Waals surface area (Å²) in [6.07, 6.45) is 2.53. The van der Waals surface area contributed by atoms with Crippen LogP contribution in [0, 0.1) is 0 Å². The molecule has 2 atom stereocenters. The molecule has 1 N–H and O–H groups in total. The molecule has 1 aromatic heterocycles. The SMILES string of the molecule is CCc1c(C(=O)N2CC(C)NC(C)C2)cnn1Cc1ccccc1. The van der Waals surface area contributed by atoms with Crippen molar-refractivity contribution >= 4 is 5.91 Å². The third-order valence-electron chi connectivity index (χ3n) is 4.53. The molecule has 2 unspecified atom stereocenters. The molecule has 0 radical (unpaired) electrons. The molecule has 5 heteroatoms. The molecule has 0 spiro atoms. The van der Waals surface area contributed by atoms with Crippen LogP contribution in [0.5, 0.6) is 0 Å². The summed E-state index contributed by atoms with van der Waals surface area (Å²) in [4.78, 5) is 14.9. The van der Waals surface area contributed by atoms with Crippen LogP contribution in [0.3, 0.4) is 0 Å². The van der Waals surface area contributed by atoms with E-state index >= 15 is 0 Å². The first kappa shape index (κ1) is 16.7. The Hall–Kier alpha value is -2.14. The van der Waals surface area contributed by atoms with E-state index in [2.05, 4.69) is 43.3 Å². The minimum atomic E-state index is 0.103. The number of hydrogen-bond donors (Lipinski definition) is 1. The maximum atomic E-state index is 13.0. The first-order chi connectivity index (χ1) is 11.6. The highest BCUT2D eigenvalue weighted by Gasteiger charge is 2.28. The van der Waals surface area contributed by atoms with Gasteiger partial charge in [0.1, 0.15) is 0 Å². The van der Waals surface area contributed by atoms with Gasteiger partial charge in [-0.3, -0.25) is 9.48 Å². The summed E-state index contributed by atoms with van der Waals surface area (Å²) in [5, 5.41) is 7.96. The zero-order valence-electron chi connectivity index (χ0n) is 14.7. The van der Waals surface area contributed by atoms with E-state index in [0.29, 0.717) is 18.6 Å². The Kier molecular flexibility index (Phi) is 5.00. The van der Waals surface area contributed by atoms with Crippen LogP contribution in [0.2, 0.25) is 0 Å². The van der Waals surface area contributed by atoms with Gasteiger partial charge in [-0.05, 0) is 25.8 Å². The number of nitrogens with zero attached hydrogens (tertiary/aromatic N) is 3. The molecule has 2 heterocycles. The fourth-order valence-electron chi connectivity index (χ4n) is 3.52. The molecule has 1 aliphatic heterocycles. The number of aromatic nitrogens is 2. The van der Waals surface area contributed by atoms with Crippen molar-refractivity contribution in [3.63, 3.8) is 0 Å². The molecule has 1 aromatic carbocycles. The fraction of sp³-hybridized carbons (Fsp3) is 0.474. The maximum absolute atomic E-state index is 13.0. The summed E-state index contributed by atoms with van der Waals surface area (Å²) < 4.78 is 1.96. The van der Waals surface area contributed by atoms with E-state index in [1.807, 2.05) is 27.8 Å². The third kappa shape index (κ3) is 3.51. The van der Waals surface area contributed by atoms with E-state index in [4.69, 9.17) is 0 Å². The van der Waals surface area contributed by atoms with E-state index in [0.717, 1.165) is 30.8 Å². The zero-order chi connectivity index (χ0) is 17.1. The van der Waals surface area contributed by atoms with Crippen LogP contribution in [0.25, 0.3) is 0 Å². The predicted molar refractivity (Wildman–Crippen MR) is 95.1 cm³/mol. The van der Waals surface area contributed by atoms with E-state index in [1.54, 1.807) is 6.20 Å². The summed E-state index contributed by atoms with van der Waals surface area (Å²) in [5.74, 6) is 0.103. The van der Waals surface area contributed by atoms with E-state index in [-0.39, 0.29) is 5.91 Å². The molecule has 1 saturated heterocycles. The van der Waals surface area contributed by atoms with Gasteiger partial charge in [0.15, 0.2) is 0 Å². The van der Waals surface area contributed by atoms with E-state index in [9.17, 15) is 4.79 Å². The second kappa shape index (κ2) is 7.18. The lowest BCUT2D eigenvalue weighted by Gasteiger charge is -2.36.